The van der Waals surface area contributed by atoms with Crippen LogP contribution in [-0.2, 0) is 13.1 Å². The fourth-order valence-corrected chi connectivity index (χ4v) is 3.02. The van der Waals surface area contributed by atoms with E-state index in [1.807, 2.05) is 11.0 Å². The molecular formula is C19H27N3O3+2. The highest BCUT2D eigenvalue weighted by atomic mass is 16.5. The lowest BCUT2D eigenvalue weighted by molar-refractivity contribution is -0.865. The number of rotatable bonds is 7. The Labute approximate surface area is 148 Å². The van der Waals surface area contributed by atoms with Crippen molar-refractivity contribution in [3.63, 3.8) is 0 Å². The fourth-order valence-electron chi connectivity index (χ4n) is 3.02. The van der Waals surface area contributed by atoms with Gasteiger partial charge in [0.05, 0.1) is 23.6 Å². The lowest BCUT2D eigenvalue weighted by Crippen LogP contribution is -2.38. The van der Waals surface area contributed by atoms with Gasteiger partial charge in [0.25, 0.3) is 0 Å². The monoisotopic (exact) mass is 345 g/mol. The minimum atomic E-state index is 0.220. The van der Waals surface area contributed by atoms with E-state index in [1.54, 1.807) is 12.6 Å². The largest absolute Gasteiger partial charge is 0.448 e. The average molecular weight is 345 g/mol. The second-order valence-electron chi connectivity index (χ2n) is 7.14. The average Bonchev–Trinajstić information content (AvgIpc) is 3.29. The number of hydrogen-bond donors (Lipinski definition) is 0. The number of hydrogen-bond acceptors (Lipinski definition) is 4. The van der Waals surface area contributed by atoms with Crippen LogP contribution in [0.15, 0.2) is 44.8 Å². The summed E-state index contributed by atoms with van der Waals surface area (Å²) in [7, 11) is 0. The van der Waals surface area contributed by atoms with Gasteiger partial charge in [-0.1, -0.05) is 13.8 Å². The molecule has 0 spiro atoms. The quantitative estimate of drug-likeness (QED) is 0.615. The van der Waals surface area contributed by atoms with Crippen molar-refractivity contribution in [2.45, 2.75) is 65.5 Å². The molecular weight excluding hydrogens is 318 g/mol. The number of oxazole rings is 2. The summed E-state index contributed by atoms with van der Waals surface area (Å²) in [6.45, 7) is 12.2. The van der Waals surface area contributed by atoms with E-state index in [0.717, 1.165) is 30.3 Å². The van der Waals surface area contributed by atoms with Crippen LogP contribution in [0.3, 0.4) is 0 Å². The molecule has 2 atom stereocenters. The highest BCUT2D eigenvalue weighted by Crippen LogP contribution is 2.20. The van der Waals surface area contributed by atoms with Crippen LogP contribution in [0.1, 0.15) is 68.2 Å². The fraction of sp³-hybridized carbons (Fsp3) is 0.526. The standard InChI is InChI=1S/C19H27N3O3/c1-13(2)17-9-22(25-10-17)8-15(4)19-16(5)21(12-24-19)7-14(3)18-6-20-11-23-18/h6,9-15H,7-8H2,1-5H3/q+2. The van der Waals surface area contributed by atoms with Crippen LogP contribution in [0, 0.1) is 6.92 Å². The zero-order valence-corrected chi connectivity index (χ0v) is 15.6. The third-order valence-electron chi connectivity index (χ3n) is 4.69. The molecule has 6 nitrogen and oxygen atoms in total. The van der Waals surface area contributed by atoms with Gasteiger partial charge in [0.1, 0.15) is 5.76 Å². The normalized spacial score (nSPS) is 14.2. The van der Waals surface area contributed by atoms with Gasteiger partial charge < -0.3 is 8.83 Å². The first kappa shape index (κ1) is 17.5. The second-order valence-corrected chi connectivity index (χ2v) is 7.14. The van der Waals surface area contributed by atoms with Crippen LogP contribution in [-0.4, -0.2) is 4.98 Å². The van der Waals surface area contributed by atoms with Gasteiger partial charge in [-0.15, -0.1) is 0 Å². The molecule has 0 saturated heterocycles. The molecule has 25 heavy (non-hydrogen) atoms. The molecule has 3 heterocycles. The van der Waals surface area contributed by atoms with Crippen molar-refractivity contribution in [3.05, 3.63) is 54.2 Å². The summed E-state index contributed by atoms with van der Waals surface area (Å²) in [5.74, 6) is 2.79. The Morgan fingerprint density at radius 3 is 2.52 bits per heavy atom. The van der Waals surface area contributed by atoms with Crippen molar-refractivity contribution in [2.24, 2.45) is 0 Å². The molecule has 134 valence electrons. The van der Waals surface area contributed by atoms with E-state index < -0.39 is 0 Å². The first-order valence-electron chi connectivity index (χ1n) is 8.79. The van der Waals surface area contributed by atoms with Gasteiger partial charge in [-0.3, -0.25) is 0 Å². The molecule has 0 amide bonds. The minimum Gasteiger partial charge on any atom is -0.448 e. The summed E-state index contributed by atoms with van der Waals surface area (Å²) in [6, 6.07) is 0. The van der Waals surface area contributed by atoms with Crippen LogP contribution < -0.4 is 9.31 Å². The summed E-state index contributed by atoms with van der Waals surface area (Å²) < 4.78 is 20.9. The van der Waals surface area contributed by atoms with Gasteiger partial charge in [-0.2, -0.15) is 4.57 Å². The highest BCUT2D eigenvalue weighted by Gasteiger charge is 2.28. The van der Waals surface area contributed by atoms with E-state index in [0.29, 0.717) is 5.92 Å². The first-order valence-corrected chi connectivity index (χ1v) is 8.79. The van der Waals surface area contributed by atoms with Crippen molar-refractivity contribution in [3.8, 4) is 0 Å². The molecule has 3 rings (SSSR count). The minimum absolute atomic E-state index is 0.220. The van der Waals surface area contributed by atoms with Gasteiger partial charge in [0.15, 0.2) is 25.0 Å². The Hall–Kier alpha value is -2.37. The topological polar surface area (TPSA) is 60.1 Å². The van der Waals surface area contributed by atoms with E-state index in [2.05, 4.69) is 50.4 Å². The van der Waals surface area contributed by atoms with Gasteiger partial charge in [-0.05, 0) is 24.5 Å². The van der Waals surface area contributed by atoms with Gasteiger partial charge in [-0.25, -0.2) is 9.51 Å². The molecule has 0 aliphatic carbocycles. The smallest absolute Gasteiger partial charge is 0.334 e. The van der Waals surface area contributed by atoms with Crippen molar-refractivity contribution in [1.29, 1.82) is 0 Å². The molecule has 0 fully saturated rings. The van der Waals surface area contributed by atoms with Gasteiger partial charge >= 0.3 is 6.39 Å². The molecule has 0 radical (unpaired) electrons. The lowest BCUT2D eigenvalue weighted by Gasteiger charge is -2.03. The third kappa shape index (κ3) is 3.83. The molecule has 0 saturated carbocycles. The maximum atomic E-state index is 5.86. The molecule has 0 bridgehead atoms. The van der Waals surface area contributed by atoms with E-state index in [-0.39, 0.29) is 11.8 Å². The predicted molar refractivity (Wildman–Crippen MR) is 90.0 cm³/mol. The van der Waals surface area contributed by atoms with E-state index in [9.17, 15) is 0 Å². The zero-order chi connectivity index (χ0) is 18.0. The Morgan fingerprint density at radius 2 is 1.88 bits per heavy atom. The molecule has 3 aromatic rings. The Bertz CT molecular complexity index is 802. The molecule has 0 N–H and O–H groups in total. The summed E-state index contributed by atoms with van der Waals surface area (Å²) in [4.78, 5) is 3.99. The number of nitrogens with zero attached hydrogens (tertiary/aromatic N) is 3. The Kier molecular flexibility index (Phi) is 5.06. The van der Waals surface area contributed by atoms with Crippen molar-refractivity contribution >= 4 is 0 Å². The molecule has 0 aliphatic rings. The predicted octanol–water partition coefficient (Wildman–Crippen LogP) is 3.47. The summed E-state index contributed by atoms with van der Waals surface area (Å²) in [6.07, 6.45) is 8.92. The summed E-state index contributed by atoms with van der Waals surface area (Å²) in [5.41, 5.74) is 2.34. The van der Waals surface area contributed by atoms with E-state index >= 15 is 0 Å². The zero-order valence-electron chi connectivity index (χ0n) is 15.6. The van der Waals surface area contributed by atoms with Crippen LogP contribution >= 0.6 is 0 Å². The van der Waals surface area contributed by atoms with Crippen LogP contribution in [0.25, 0.3) is 0 Å². The van der Waals surface area contributed by atoms with Crippen molar-refractivity contribution < 1.29 is 22.7 Å². The lowest BCUT2D eigenvalue weighted by atomic mass is 10.1. The molecule has 2 unspecified atom stereocenters. The van der Waals surface area contributed by atoms with Crippen molar-refractivity contribution in [2.75, 3.05) is 0 Å². The Morgan fingerprint density at radius 1 is 1.08 bits per heavy atom. The van der Waals surface area contributed by atoms with Crippen LogP contribution in [0.2, 0.25) is 0 Å². The van der Waals surface area contributed by atoms with Gasteiger partial charge in [0, 0.05) is 6.92 Å². The SMILES string of the molecule is Cc1c(C(C)C[n+]2cc(C(C)C)co2)oc[n+]1CC(C)c1cnco1. The van der Waals surface area contributed by atoms with Crippen molar-refractivity contribution in [1.82, 2.24) is 4.98 Å². The molecule has 6 heteroatoms. The molecule has 0 aromatic carbocycles. The highest BCUT2D eigenvalue weighted by molar-refractivity contribution is 5.05. The summed E-state index contributed by atoms with van der Waals surface area (Å²) >= 11 is 0. The maximum absolute atomic E-state index is 5.86. The summed E-state index contributed by atoms with van der Waals surface area (Å²) in [5, 5.41) is 0. The maximum Gasteiger partial charge on any atom is 0.334 e. The number of aromatic nitrogens is 3. The third-order valence-corrected chi connectivity index (χ3v) is 4.69. The van der Waals surface area contributed by atoms with Crippen LogP contribution in [0.4, 0.5) is 0 Å². The van der Waals surface area contributed by atoms with E-state index in [1.165, 1.54) is 12.0 Å². The first-order chi connectivity index (χ1) is 12.0. The Balaban J connectivity index is 1.69. The van der Waals surface area contributed by atoms with Gasteiger partial charge in [0.2, 0.25) is 18.4 Å². The van der Waals surface area contributed by atoms with E-state index in [4.69, 9.17) is 13.4 Å². The molecule has 0 aliphatic heterocycles. The van der Waals surface area contributed by atoms with Crippen LogP contribution in [0.5, 0.6) is 0 Å². The second kappa shape index (κ2) is 7.25. The molecule has 3 aromatic heterocycles.